The minimum Gasteiger partial charge on any atom is -0.357 e. The monoisotopic (exact) mass is 554 g/mol. The summed E-state index contributed by atoms with van der Waals surface area (Å²) in [7, 11) is 0. The van der Waals surface area contributed by atoms with Crippen LogP contribution in [0.4, 0.5) is 5.82 Å². The van der Waals surface area contributed by atoms with E-state index in [9.17, 15) is 0 Å². The lowest BCUT2D eigenvalue weighted by Gasteiger charge is -2.27. The Kier molecular flexibility index (Phi) is 9.86. The van der Waals surface area contributed by atoms with Crippen LogP contribution in [-0.4, -0.2) is 55.1 Å². The lowest BCUT2D eigenvalue weighted by atomic mass is 10.2. The zero-order valence-electron chi connectivity index (χ0n) is 18.4. The van der Waals surface area contributed by atoms with Gasteiger partial charge in [-0.3, -0.25) is 4.90 Å². The number of nitrogens with zero attached hydrogens (tertiary/aromatic N) is 4. The van der Waals surface area contributed by atoms with E-state index in [1.807, 2.05) is 17.5 Å². The van der Waals surface area contributed by atoms with Gasteiger partial charge in [-0.15, -0.1) is 35.3 Å². The summed E-state index contributed by atoms with van der Waals surface area (Å²) < 4.78 is 0. The van der Waals surface area contributed by atoms with Gasteiger partial charge in [-0.2, -0.15) is 0 Å². The fraction of sp³-hybridized carbons (Fsp3) is 0.565. The molecule has 2 aliphatic rings. The van der Waals surface area contributed by atoms with E-state index in [2.05, 4.69) is 62.0 Å². The maximum Gasteiger partial charge on any atom is 0.191 e. The lowest BCUT2D eigenvalue weighted by Crippen LogP contribution is -2.42. The van der Waals surface area contributed by atoms with Crippen LogP contribution in [0, 0.1) is 0 Å². The normalized spacial score (nSPS) is 18.1. The van der Waals surface area contributed by atoms with Crippen LogP contribution < -0.4 is 15.5 Å². The van der Waals surface area contributed by atoms with Gasteiger partial charge in [0.05, 0.1) is 12.6 Å². The number of hydrogen-bond acceptors (Lipinski definition) is 5. The summed E-state index contributed by atoms with van der Waals surface area (Å²) in [5.41, 5.74) is 1.21. The van der Waals surface area contributed by atoms with E-state index in [1.54, 1.807) is 0 Å². The van der Waals surface area contributed by atoms with Crippen LogP contribution in [0.3, 0.4) is 0 Å². The Morgan fingerprint density at radius 2 is 1.90 bits per heavy atom. The minimum atomic E-state index is 0. The molecule has 6 nitrogen and oxygen atoms in total. The van der Waals surface area contributed by atoms with E-state index in [0.717, 1.165) is 38.0 Å². The average molecular weight is 555 g/mol. The summed E-state index contributed by atoms with van der Waals surface area (Å²) >= 11 is 1.85. The molecule has 0 bridgehead atoms. The van der Waals surface area contributed by atoms with E-state index in [-0.39, 0.29) is 24.0 Å². The highest BCUT2D eigenvalue weighted by Crippen LogP contribution is 2.27. The van der Waals surface area contributed by atoms with Crippen molar-refractivity contribution in [1.82, 2.24) is 20.5 Å². The zero-order chi connectivity index (χ0) is 20.6. The number of hydrogen-bond donors (Lipinski definition) is 2. The van der Waals surface area contributed by atoms with Crippen LogP contribution in [-0.2, 0) is 6.54 Å². The van der Waals surface area contributed by atoms with Gasteiger partial charge in [0, 0.05) is 37.3 Å². The highest BCUT2D eigenvalue weighted by Gasteiger charge is 2.24. The van der Waals surface area contributed by atoms with Gasteiger partial charge >= 0.3 is 0 Å². The minimum absolute atomic E-state index is 0. The zero-order valence-corrected chi connectivity index (χ0v) is 21.6. The number of nitrogens with one attached hydrogen (secondary N) is 2. The molecule has 8 heteroatoms. The molecular formula is C23H35IN6S. The van der Waals surface area contributed by atoms with Gasteiger partial charge in [0.15, 0.2) is 5.96 Å². The quantitative estimate of drug-likeness (QED) is 0.290. The first kappa shape index (κ1) is 24.3. The molecule has 0 saturated carbocycles. The standard InChI is InChI=1S/C23H34N6S.HI/c1-2-24-23(26-17-19-9-10-25-22(16-19)29-13-5-6-14-29)27-18-20(21-8-7-15-30-21)28-11-3-4-12-28;/h7-10,15-16,20H,2-6,11-14,17-18H2,1H3,(H2,24,26,27);1H. The molecule has 2 fully saturated rings. The number of halogens is 1. The molecule has 0 aromatic carbocycles. The van der Waals surface area contributed by atoms with Crippen LogP contribution in [0.5, 0.6) is 0 Å². The van der Waals surface area contributed by atoms with Gasteiger partial charge in [0.25, 0.3) is 0 Å². The molecule has 0 aliphatic carbocycles. The lowest BCUT2D eigenvalue weighted by molar-refractivity contribution is 0.249. The van der Waals surface area contributed by atoms with Gasteiger partial charge in [0.2, 0.25) is 0 Å². The molecule has 170 valence electrons. The molecule has 2 aromatic heterocycles. The molecule has 2 aliphatic heterocycles. The van der Waals surface area contributed by atoms with Crippen molar-refractivity contribution >= 4 is 47.1 Å². The van der Waals surface area contributed by atoms with Crippen molar-refractivity contribution in [3.63, 3.8) is 0 Å². The predicted molar refractivity (Wildman–Crippen MR) is 142 cm³/mol. The van der Waals surface area contributed by atoms with E-state index in [0.29, 0.717) is 12.6 Å². The van der Waals surface area contributed by atoms with Crippen molar-refractivity contribution in [2.75, 3.05) is 44.2 Å². The Balaban J connectivity index is 0.00000272. The van der Waals surface area contributed by atoms with E-state index >= 15 is 0 Å². The molecule has 31 heavy (non-hydrogen) atoms. The fourth-order valence-corrected chi connectivity index (χ4v) is 5.19. The SMILES string of the molecule is CCNC(=NCc1ccnc(N2CCCC2)c1)NCC(c1cccs1)N1CCCC1.I. The van der Waals surface area contributed by atoms with Gasteiger partial charge < -0.3 is 15.5 Å². The number of aromatic nitrogens is 1. The molecule has 2 aromatic rings. The summed E-state index contributed by atoms with van der Waals surface area (Å²) in [6, 6.07) is 9.10. The van der Waals surface area contributed by atoms with Crippen LogP contribution in [0.25, 0.3) is 0 Å². The van der Waals surface area contributed by atoms with Crippen LogP contribution in [0.15, 0.2) is 40.8 Å². The average Bonchev–Trinajstić information content (AvgIpc) is 3.56. The second-order valence-corrected chi connectivity index (χ2v) is 9.05. The number of anilines is 1. The molecular weight excluding hydrogens is 519 g/mol. The topological polar surface area (TPSA) is 55.8 Å². The number of thiophene rings is 1. The molecule has 4 rings (SSSR count). The number of likely N-dealkylation sites (tertiary alicyclic amines) is 1. The second kappa shape index (κ2) is 12.6. The Hall–Kier alpha value is -1.39. The van der Waals surface area contributed by atoms with E-state index in [1.165, 1.54) is 49.2 Å². The molecule has 1 unspecified atom stereocenters. The Labute approximate surface area is 207 Å². The molecule has 0 amide bonds. The molecule has 1 atom stereocenters. The van der Waals surface area contributed by atoms with Crippen LogP contribution in [0.2, 0.25) is 0 Å². The molecule has 4 heterocycles. The molecule has 2 N–H and O–H groups in total. The maximum atomic E-state index is 4.86. The second-order valence-electron chi connectivity index (χ2n) is 8.07. The first-order chi connectivity index (χ1) is 14.8. The highest BCUT2D eigenvalue weighted by atomic mass is 127. The Bertz CT molecular complexity index is 800. The smallest absolute Gasteiger partial charge is 0.191 e. The third-order valence-electron chi connectivity index (χ3n) is 5.92. The summed E-state index contributed by atoms with van der Waals surface area (Å²) in [5.74, 6) is 1.97. The first-order valence-electron chi connectivity index (χ1n) is 11.3. The fourth-order valence-electron chi connectivity index (χ4n) is 4.33. The van der Waals surface area contributed by atoms with Crippen molar-refractivity contribution < 1.29 is 0 Å². The van der Waals surface area contributed by atoms with Gasteiger partial charge in [-0.1, -0.05) is 6.07 Å². The number of guanidine groups is 1. The molecule has 0 spiro atoms. The number of aliphatic imine (C=N–C) groups is 1. The largest absolute Gasteiger partial charge is 0.357 e. The summed E-state index contributed by atoms with van der Waals surface area (Å²) in [5, 5.41) is 9.19. The van der Waals surface area contributed by atoms with Crippen molar-refractivity contribution in [3.05, 3.63) is 46.3 Å². The maximum absolute atomic E-state index is 4.86. The molecule has 2 saturated heterocycles. The number of pyridine rings is 1. The summed E-state index contributed by atoms with van der Waals surface area (Å²) in [4.78, 5) is 15.8. The summed E-state index contributed by atoms with van der Waals surface area (Å²) in [6.07, 6.45) is 7.05. The third kappa shape index (κ3) is 6.79. The third-order valence-corrected chi connectivity index (χ3v) is 6.89. The van der Waals surface area contributed by atoms with Crippen molar-refractivity contribution in [1.29, 1.82) is 0 Å². The van der Waals surface area contributed by atoms with Crippen molar-refractivity contribution in [2.45, 2.75) is 45.2 Å². The van der Waals surface area contributed by atoms with E-state index in [4.69, 9.17) is 4.99 Å². The molecule has 0 radical (unpaired) electrons. The van der Waals surface area contributed by atoms with Crippen molar-refractivity contribution in [2.24, 2.45) is 4.99 Å². The van der Waals surface area contributed by atoms with Crippen LogP contribution in [0.1, 0.15) is 49.1 Å². The van der Waals surface area contributed by atoms with E-state index < -0.39 is 0 Å². The van der Waals surface area contributed by atoms with Crippen molar-refractivity contribution in [3.8, 4) is 0 Å². The number of rotatable bonds is 8. The Morgan fingerprint density at radius 3 is 2.61 bits per heavy atom. The van der Waals surface area contributed by atoms with Gasteiger partial charge in [-0.05, 0) is 74.8 Å². The predicted octanol–water partition coefficient (Wildman–Crippen LogP) is 4.25. The van der Waals surface area contributed by atoms with Gasteiger partial charge in [-0.25, -0.2) is 9.98 Å². The highest BCUT2D eigenvalue weighted by molar-refractivity contribution is 14.0. The first-order valence-corrected chi connectivity index (χ1v) is 12.2. The van der Waals surface area contributed by atoms with Gasteiger partial charge in [0.1, 0.15) is 5.82 Å². The Morgan fingerprint density at radius 1 is 1.13 bits per heavy atom. The van der Waals surface area contributed by atoms with Crippen LogP contribution >= 0.6 is 35.3 Å². The summed E-state index contributed by atoms with van der Waals surface area (Å²) in [6.45, 7) is 9.12.